The predicted octanol–water partition coefficient (Wildman–Crippen LogP) is 3.68. The van der Waals surface area contributed by atoms with Crippen LogP contribution < -0.4 is 0 Å². The second kappa shape index (κ2) is 4.71. The van der Waals surface area contributed by atoms with E-state index in [-0.39, 0.29) is 22.5 Å². The number of allylic oxidation sites excluding steroid dienone is 1. The lowest BCUT2D eigenvalue weighted by Gasteiger charge is -2.31. The standard InChI is InChI=1S/C17H26O3/c1-10(2)8-11(15(19)20)9-12-13-6-7-17(5,14(12)18)16(13,3)4/h9-11,13H,6-8H2,1-5H3,(H,19,20)/b12-9+/t11-,13-,17+/m0/s1. The van der Waals surface area contributed by atoms with Crippen LogP contribution in [0.5, 0.6) is 0 Å². The number of Topliss-reactive ketones (excluding diaryl/α,β-unsaturated/α-hetero) is 1. The van der Waals surface area contributed by atoms with Gasteiger partial charge in [0.15, 0.2) is 5.78 Å². The van der Waals surface area contributed by atoms with Gasteiger partial charge in [0, 0.05) is 5.41 Å². The monoisotopic (exact) mass is 278 g/mol. The molecule has 2 aliphatic rings. The quantitative estimate of drug-likeness (QED) is 0.798. The summed E-state index contributed by atoms with van der Waals surface area (Å²) in [6.07, 6.45) is 4.30. The lowest BCUT2D eigenvalue weighted by molar-refractivity contribution is -0.140. The summed E-state index contributed by atoms with van der Waals surface area (Å²) in [6, 6.07) is 0. The van der Waals surface area contributed by atoms with E-state index in [0.717, 1.165) is 18.4 Å². The first-order valence-corrected chi connectivity index (χ1v) is 7.60. The van der Waals surface area contributed by atoms with E-state index in [1.54, 1.807) is 6.08 Å². The predicted molar refractivity (Wildman–Crippen MR) is 78.3 cm³/mol. The third-order valence-corrected chi connectivity index (χ3v) is 5.79. The van der Waals surface area contributed by atoms with E-state index in [2.05, 4.69) is 13.8 Å². The minimum atomic E-state index is -0.815. The van der Waals surface area contributed by atoms with E-state index in [1.165, 1.54) is 0 Å². The summed E-state index contributed by atoms with van der Waals surface area (Å²) >= 11 is 0. The molecule has 0 amide bonds. The van der Waals surface area contributed by atoms with Gasteiger partial charge in [0.25, 0.3) is 0 Å². The van der Waals surface area contributed by atoms with E-state index in [0.29, 0.717) is 12.3 Å². The van der Waals surface area contributed by atoms with E-state index in [9.17, 15) is 14.7 Å². The Kier molecular flexibility index (Phi) is 3.60. The van der Waals surface area contributed by atoms with Crippen molar-refractivity contribution < 1.29 is 14.7 Å². The number of rotatable bonds is 4. The van der Waals surface area contributed by atoms with Gasteiger partial charge in [-0.1, -0.05) is 40.7 Å². The van der Waals surface area contributed by atoms with Gasteiger partial charge >= 0.3 is 5.97 Å². The van der Waals surface area contributed by atoms with Crippen molar-refractivity contribution in [3.05, 3.63) is 11.6 Å². The van der Waals surface area contributed by atoms with Crippen LogP contribution in [0.1, 0.15) is 53.9 Å². The minimum Gasteiger partial charge on any atom is -0.481 e. The molecule has 2 saturated carbocycles. The molecule has 0 aliphatic heterocycles. The molecule has 2 aliphatic carbocycles. The number of carboxylic acids is 1. The van der Waals surface area contributed by atoms with Crippen LogP contribution in [-0.2, 0) is 9.59 Å². The van der Waals surface area contributed by atoms with E-state index in [4.69, 9.17) is 0 Å². The Hall–Kier alpha value is -1.12. The van der Waals surface area contributed by atoms with E-state index in [1.807, 2.05) is 20.8 Å². The van der Waals surface area contributed by atoms with Gasteiger partial charge in [-0.15, -0.1) is 0 Å². The molecule has 112 valence electrons. The lowest BCUT2D eigenvalue weighted by Crippen LogP contribution is -2.32. The van der Waals surface area contributed by atoms with Crippen LogP contribution in [-0.4, -0.2) is 16.9 Å². The van der Waals surface area contributed by atoms with Gasteiger partial charge < -0.3 is 5.11 Å². The van der Waals surface area contributed by atoms with Crippen molar-refractivity contribution in [1.82, 2.24) is 0 Å². The van der Waals surface area contributed by atoms with Crippen molar-refractivity contribution in [1.29, 1.82) is 0 Å². The van der Waals surface area contributed by atoms with E-state index >= 15 is 0 Å². The first kappa shape index (κ1) is 15.3. The molecule has 0 radical (unpaired) electrons. The molecule has 0 aromatic heterocycles. The zero-order valence-corrected chi connectivity index (χ0v) is 13.2. The molecular weight excluding hydrogens is 252 g/mol. The Morgan fingerprint density at radius 3 is 2.40 bits per heavy atom. The fourth-order valence-electron chi connectivity index (χ4n) is 4.08. The highest BCUT2D eigenvalue weighted by molar-refractivity contribution is 6.05. The summed E-state index contributed by atoms with van der Waals surface area (Å²) in [6.45, 7) is 10.4. The zero-order chi connectivity index (χ0) is 15.3. The molecule has 2 bridgehead atoms. The summed E-state index contributed by atoms with van der Waals surface area (Å²) in [4.78, 5) is 24.1. The average molecular weight is 278 g/mol. The Balaban J connectivity index is 2.36. The van der Waals surface area contributed by atoms with Crippen LogP contribution in [0.15, 0.2) is 11.6 Å². The average Bonchev–Trinajstić information content (AvgIpc) is 2.62. The van der Waals surface area contributed by atoms with Crippen LogP contribution in [0.3, 0.4) is 0 Å². The molecule has 2 rings (SSSR count). The topological polar surface area (TPSA) is 54.4 Å². The SMILES string of the molecule is CC(C)C[C@@H](/C=C1/C(=O)[C@@]2(C)CC[C@@H]1C2(C)C)C(=O)O. The summed E-state index contributed by atoms with van der Waals surface area (Å²) in [5.41, 5.74) is 0.443. The van der Waals surface area contributed by atoms with Crippen molar-refractivity contribution in [2.45, 2.75) is 53.9 Å². The molecule has 3 heteroatoms. The van der Waals surface area contributed by atoms with Gasteiger partial charge in [-0.2, -0.15) is 0 Å². The number of aliphatic carboxylic acids is 1. The Bertz CT molecular complexity index is 473. The zero-order valence-electron chi connectivity index (χ0n) is 13.2. The largest absolute Gasteiger partial charge is 0.481 e. The molecule has 3 nitrogen and oxygen atoms in total. The van der Waals surface area contributed by atoms with Crippen molar-refractivity contribution in [3.8, 4) is 0 Å². The Labute approximate surface area is 121 Å². The first-order chi connectivity index (χ1) is 9.11. The molecule has 2 fully saturated rings. The number of carbonyl (C=O) groups is 2. The van der Waals surface area contributed by atoms with Gasteiger partial charge in [-0.25, -0.2) is 0 Å². The number of ketones is 1. The Morgan fingerprint density at radius 1 is 1.40 bits per heavy atom. The highest BCUT2D eigenvalue weighted by atomic mass is 16.4. The molecule has 20 heavy (non-hydrogen) atoms. The molecule has 0 saturated heterocycles. The molecule has 0 aromatic carbocycles. The highest BCUT2D eigenvalue weighted by Gasteiger charge is 2.63. The first-order valence-electron chi connectivity index (χ1n) is 7.60. The maximum Gasteiger partial charge on any atom is 0.310 e. The number of fused-ring (bicyclic) bond motifs is 2. The second-order valence-electron chi connectivity index (χ2n) is 7.67. The summed E-state index contributed by atoms with van der Waals surface area (Å²) in [7, 11) is 0. The summed E-state index contributed by atoms with van der Waals surface area (Å²) < 4.78 is 0. The van der Waals surface area contributed by atoms with Gasteiger partial charge in [-0.05, 0) is 42.1 Å². The molecule has 1 N–H and O–H groups in total. The van der Waals surface area contributed by atoms with Crippen LogP contribution in [0.2, 0.25) is 0 Å². The number of carboxylic acid groups (broad SMARTS) is 1. The molecule has 0 heterocycles. The number of hydrogen-bond donors (Lipinski definition) is 1. The van der Waals surface area contributed by atoms with E-state index < -0.39 is 11.9 Å². The highest BCUT2D eigenvalue weighted by Crippen LogP contribution is 2.65. The van der Waals surface area contributed by atoms with Crippen molar-refractivity contribution >= 4 is 11.8 Å². The maximum absolute atomic E-state index is 12.7. The summed E-state index contributed by atoms with van der Waals surface area (Å²) in [5.74, 6) is -0.620. The maximum atomic E-state index is 12.7. The molecular formula is C17H26O3. The normalized spacial score (nSPS) is 35.0. The van der Waals surface area contributed by atoms with Gasteiger partial charge in [0.05, 0.1) is 5.92 Å². The molecule has 3 atom stereocenters. The lowest BCUT2D eigenvalue weighted by atomic mass is 9.70. The smallest absolute Gasteiger partial charge is 0.310 e. The number of hydrogen-bond acceptors (Lipinski definition) is 2. The summed E-state index contributed by atoms with van der Waals surface area (Å²) in [5, 5.41) is 9.38. The van der Waals surface area contributed by atoms with Crippen molar-refractivity contribution in [2.75, 3.05) is 0 Å². The van der Waals surface area contributed by atoms with Crippen molar-refractivity contribution in [3.63, 3.8) is 0 Å². The van der Waals surface area contributed by atoms with Crippen LogP contribution in [0, 0.1) is 28.6 Å². The number of carbonyl (C=O) groups excluding carboxylic acids is 1. The second-order valence-corrected chi connectivity index (χ2v) is 7.67. The van der Waals surface area contributed by atoms with Crippen LogP contribution in [0.25, 0.3) is 0 Å². The molecule has 0 aromatic rings. The van der Waals surface area contributed by atoms with Gasteiger partial charge in [-0.3, -0.25) is 9.59 Å². The van der Waals surface area contributed by atoms with Gasteiger partial charge in [0.1, 0.15) is 0 Å². The Morgan fingerprint density at radius 2 is 2.00 bits per heavy atom. The third-order valence-electron chi connectivity index (χ3n) is 5.79. The van der Waals surface area contributed by atoms with Crippen LogP contribution in [0.4, 0.5) is 0 Å². The van der Waals surface area contributed by atoms with Gasteiger partial charge in [0.2, 0.25) is 0 Å². The fourth-order valence-corrected chi connectivity index (χ4v) is 4.08. The molecule has 0 spiro atoms. The fraction of sp³-hybridized carbons (Fsp3) is 0.765. The van der Waals surface area contributed by atoms with Crippen LogP contribution >= 0.6 is 0 Å². The van der Waals surface area contributed by atoms with Crippen molar-refractivity contribution in [2.24, 2.45) is 28.6 Å². The third kappa shape index (κ3) is 2.02. The molecule has 0 unspecified atom stereocenters. The minimum absolute atomic E-state index is 0.0448.